The van der Waals surface area contributed by atoms with Crippen molar-refractivity contribution < 1.29 is 19.2 Å². The number of rotatable bonds is 9. The van der Waals surface area contributed by atoms with E-state index in [1.165, 1.54) is 25.8 Å². The maximum atomic E-state index is 12.3. The number of carbonyl (C=O) groups is 2. The first-order chi connectivity index (χ1) is 14.6. The molecule has 0 spiro atoms. The van der Waals surface area contributed by atoms with Gasteiger partial charge in [0.25, 0.3) is 5.91 Å². The van der Waals surface area contributed by atoms with E-state index in [1.54, 1.807) is 29.2 Å². The van der Waals surface area contributed by atoms with Crippen LogP contribution in [0.1, 0.15) is 43.0 Å². The Kier molecular flexibility index (Phi) is 8.27. The third-order valence-corrected chi connectivity index (χ3v) is 5.58. The number of quaternary nitrogens is 1. The van der Waals surface area contributed by atoms with Gasteiger partial charge in [-0.15, -0.1) is 0 Å². The predicted molar refractivity (Wildman–Crippen MR) is 117 cm³/mol. The molecule has 3 rings (SSSR count). The zero-order valence-electron chi connectivity index (χ0n) is 17.7. The van der Waals surface area contributed by atoms with Gasteiger partial charge >= 0.3 is 0 Å². The molecule has 160 valence electrons. The average Bonchev–Trinajstić information content (AvgIpc) is 2.77. The minimum Gasteiger partial charge on any atom is -0.457 e. The summed E-state index contributed by atoms with van der Waals surface area (Å²) in [6.45, 7) is 5.26. The number of hydrogen-bond donors (Lipinski definition) is 3. The van der Waals surface area contributed by atoms with Crippen molar-refractivity contribution in [3.63, 3.8) is 0 Å². The molecule has 1 unspecified atom stereocenters. The summed E-state index contributed by atoms with van der Waals surface area (Å²) in [5.41, 5.74) is 0.492. The second kappa shape index (κ2) is 11.4. The molecular weight excluding hydrogens is 378 g/mol. The van der Waals surface area contributed by atoms with Gasteiger partial charge in [0.1, 0.15) is 11.5 Å². The zero-order chi connectivity index (χ0) is 21.2. The molecule has 0 aromatic heterocycles. The van der Waals surface area contributed by atoms with Crippen molar-refractivity contribution in [2.75, 3.05) is 26.2 Å². The number of amides is 2. The number of carbonyl (C=O) groups excluding carboxylic acids is 2. The zero-order valence-corrected chi connectivity index (χ0v) is 17.7. The number of para-hydroxylation sites is 1. The highest BCUT2D eigenvalue weighted by Crippen LogP contribution is 2.21. The lowest BCUT2D eigenvalue weighted by atomic mass is 10.0. The molecule has 30 heavy (non-hydrogen) atoms. The van der Waals surface area contributed by atoms with Gasteiger partial charge in [-0.1, -0.05) is 18.2 Å². The van der Waals surface area contributed by atoms with Gasteiger partial charge in [-0.05, 0) is 62.6 Å². The number of hydrogen-bond acceptors (Lipinski definition) is 3. The number of piperidine rings is 1. The Bertz CT molecular complexity index is 808. The maximum Gasteiger partial charge on any atom is 0.251 e. The molecule has 0 bridgehead atoms. The summed E-state index contributed by atoms with van der Waals surface area (Å²) in [5.74, 6) is 0.959. The molecule has 0 saturated carbocycles. The van der Waals surface area contributed by atoms with Crippen LogP contribution in [0.25, 0.3) is 0 Å². The number of benzene rings is 2. The smallest absolute Gasteiger partial charge is 0.251 e. The van der Waals surface area contributed by atoms with Gasteiger partial charge in [0.05, 0.1) is 25.7 Å². The van der Waals surface area contributed by atoms with Crippen LogP contribution in [0, 0.1) is 0 Å². The van der Waals surface area contributed by atoms with Crippen molar-refractivity contribution >= 4 is 11.8 Å². The molecule has 2 aromatic carbocycles. The number of nitrogens with one attached hydrogen (secondary N) is 3. The quantitative estimate of drug-likeness (QED) is 0.555. The third kappa shape index (κ3) is 6.88. The minimum atomic E-state index is -0.275. The van der Waals surface area contributed by atoms with Crippen LogP contribution in [0.2, 0.25) is 0 Å². The van der Waals surface area contributed by atoms with E-state index in [0.717, 1.165) is 24.8 Å². The molecule has 2 amide bonds. The molecule has 0 aliphatic carbocycles. The highest BCUT2D eigenvalue weighted by Gasteiger charge is 2.20. The second-order valence-corrected chi connectivity index (χ2v) is 7.88. The molecule has 1 aliphatic heterocycles. The Balaban J connectivity index is 1.33. The molecular formula is C24H32N3O3+. The van der Waals surface area contributed by atoms with Crippen LogP contribution < -0.4 is 20.3 Å². The monoisotopic (exact) mass is 410 g/mol. The summed E-state index contributed by atoms with van der Waals surface area (Å²) in [5, 5.41) is 5.56. The normalized spacial score (nSPS) is 18.4. The molecule has 3 N–H and O–H groups in total. The van der Waals surface area contributed by atoms with Gasteiger partial charge < -0.3 is 20.3 Å². The Labute approximate surface area is 178 Å². The fourth-order valence-electron chi connectivity index (χ4n) is 3.79. The van der Waals surface area contributed by atoms with Gasteiger partial charge in [0.15, 0.2) is 0 Å². The van der Waals surface area contributed by atoms with Crippen LogP contribution in [0.3, 0.4) is 0 Å². The van der Waals surface area contributed by atoms with Crippen molar-refractivity contribution in [1.29, 1.82) is 0 Å². The number of ether oxygens (including phenoxy) is 1. The Morgan fingerprint density at radius 2 is 1.73 bits per heavy atom. The van der Waals surface area contributed by atoms with E-state index in [0.29, 0.717) is 17.9 Å². The van der Waals surface area contributed by atoms with E-state index in [9.17, 15) is 9.59 Å². The van der Waals surface area contributed by atoms with Crippen LogP contribution in [-0.4, -0.2) is 44.0 Å². The van der Waals surface area contributed by atoms with Gasteiger partial charge in [-0.25, -0.2) is 0 Å². The van der Waals surface area contributed by atoms with Crippen LogP contribution >= 0.6 is 0 Å². The van der Waals surface area contributed by atoms with Gasteiger partial charge in [0, 0.05) is 18.5 Å². The van der Waals surface area contributed by atoms with E-state index < -0.39 is 0 Å². The van der Waals surface area contributed by atoms with Crippen LogP contribution in [0.15, 0.2) is 54.6 Å². The van der Waals surface area contributed by atoms with Crippen LogP contribution in [-0.2, 0) is 4.79 Å². The van der Waals surface area contributed by atoms with Gasteiger partial charge in [0.2, 0.25) is 5.91 Å². The van der Waals surface area contributed by atoms with Crippen molar-refractivity contribution in [2.45, 2.75) is 38.6 Å². The fourth-order valence-corrected chi connectivity index (χ4v) is 3.79. The van der Waals surface area contributed by atoms with Crippen molar-refractivity contribution in [1.82, 2.24) is 10.6 Å². The summed E-state index contributed by atoms with van der Waals surface area (Å²) in [6.07, 6.45) is 4.90. The lowest BCUT2D eigenvalue weighted by molar-refractivity contribution is -0.928. The fraction of sp³-hybridized carbons (Fsp3) is 0.417. The molecule has 1 aliphatic rings. The first kappa shape index (κ1) is 21.8. The molecule has 0 radical (unpaired) electrons. The van der Waals surface area contributed by atoms with Gasteiger partial charge in [-0.2, -0.15) is 0 Å². The SMILES string of the molecule is C[C@@H]1CCCC[NH+]1CCCNC(=O)CNC(=O)c1ccc(Oc2ccccc2)cc1. The molecule has 2 atom stereocenters. The molecule has 1 saturated heterocycles. The Morgan fingerprint density at radius 1 is 1.00 bits per heavy atom. The van der Waals surface area contributed by atoms with Gasteiger partial charge in [-0.3, -0.25) is 9.59 Å². The molecule has 2 aromatic rings. The Morgan fingerprint density at radius 3 is 2.47 bits per heavy atom. The van der Waals surface area contributed by atoms with E-state index >= 15 is 0 Å². The van der Waals surface area contributed by atoms with Crippen molar-refractivity contribution in [3.8, 4) is 11.5 Å². The summed E-state index contributed by atoms with van der Waals surface area (Å²) in [6, 6.07) is 17.0. The lowest BCUT2D eigenvalue weighted by Gasteiger charge is -2.30. The number of likely N-dealkylation sites (tertiary alicyclic amines) is 1. The Hall–Kier alpha value is -2.86. The molecule has 6 nitrogen and oxygen atoms in total. The summed E-state index contributed by atoms with van der Waals surface area (Å²) in [7, 11) is 0. The topological polar surface area (TPSA) is 71.9 Å². The molecule has 1 heterocycles. The first-order valence-electron chi connectivity index (χ1n) is 10.8. The van der Waals surface area contributed by atoms with Crippen LogP contribution in [0.5, 0.6) is 11.5 Å². The maximum absolute atomic E-state index is 12.3. The van der Waals surface area contributed by atoms with E-state index in [1.807, 2.05) is 30.3 Å². The standard InChI is InChI=1S/C24H31N3O3/c1-19-8-5-6-16-27(19)17-7-15-25-23(28)18-26-24(29)20-11-13-22(14-12-20)30-21-9-3-2-4-10-21/h2-4,9-14,19H,5-8,15-18H2,1H3,(H,25,28)(H,26,29)/p+1/t19-/m1/s1. The predicted octanol–water partition coefficient (Wildman–Crippen LogP) is 2.17. The first-order valence-corrected chi connectivity index (χ1v) is 10.8. The van der Waals surface area contributed by atoms with E-state index in [-0.39, 0.29) is 18.4 Å². The van der Waals surface area contributed by atoms with E-state index in [4.69, 9.17) is 4.74 Å². The highest BCUT2D eigenvalue weighted by molar-refractivity contribution is 5.96. The second-order valence-electron chi connectivity index (χ2n) is 7.88. The summed E-state index contributed by atoms with van der Waals surface area (Å²) < 4.78 is 5.72. The highest BCUT2D eigenvalue weighted by atomic mass is 16.5. The van der Waals surface area contributed by atoms with E-state index in [2.05, 4.69) is 17.6 Å². The van der Waals surface area contributed by atoms with Crippen molar-refractivity contribution in [3.05, 3.63) is 60.2 Å². The van der Waals surface area contributed by atoms with Crippen molar-refractivity contribution in [2.24, 2.45) is 0 Å². The molecule has 1 fully saturated rings. The minimum absolute atomic E-state index is 0.0198. The van der Waals surface area contributed by atoms with Crippen LogP contribution in [0.4, 0.5) is 0 Å². The summed E-state index contributed by atoms with van der Waals surface area (Å²) >= 11 is 0. The average molecular weight is 411 g/mol. The lowest BCUT2D eigenvalue weighted by Crippen LogP contribution is -3.16. The largest absolute Gasteiger partial charge is 0.457 e. The molecule has 6 heteroatoms. The third-order valence-electron chi connectivity index (χ3n) is 5.58. The summed E-state index contributed by atoms with van der Waals surface area (Å²) in [4.78, 5) is 25.9.